The second-order valence-electron chi connectivity index (χ2n) is 5.61. The molecule has 0 saturated heterocycles. The minimum atomic E-state index is -0.454. The highest BCUT2D eigenvalue weighted by atomic mass is 35.5. The van der Waals surface area contributed by atoms with Gasteiger partial charge in [0.05, 0.1) is 30.3 Å². The van der Waals surface area contributed by atoms with Crippen molar-refractivity contribution >= 4 is 17.6 Å². The number of ether oxygens (including phenoxy) is 1. The minimum Gasteiger partial charge on any atom is -0.492 e. The predicted molar refractivity (Wildman–Crippen MR) is 92.2 cm³/mol. The van der Waals surface area contributed by atoms with Crippen LogP contribution in [0.15, 0.2) is 48.5 Å². The van der Waals surface area contributed by atoms with Crippen molar-refractivity contribution < 1.29 is 14.6 Å². The Kier molecular flexibility index (Phi) is 5.23. The Morgan fingerprint density at radius 3 is 2.79 bits per heavy atom. The quantitative estimate of drug-likeness (QED) is 0.796. The van der Waals surface area contributed by atoms with Crippen molar-refractivity contribution in [3.63, 3.8) is 0 Å². The van der Waals surface area contributed by atoms with Gasteiger partial charge in [-0.05, 0) is 11.6 Å². The summed E-state index contributed by atoms with van der Waals surface area (Å²) in [6.45, 7) is 0.317. The largest absolute Gasteiger partial charge is 0.492 e. The topological polar surface area (TPSA) is 70.6 Å². The van der Waals surface area contributed by atoms with Gasteiger partial charge in [-0.1, -0.05) is 54.1 Å². The van der Waals surface area contributed by atoms with Gasteiger partial charge in [-0.25, -0.2) is 4.79 Å². The number of hydrogen-bond donors (Lipinski definition) is 3. The van der Waals surface area contributed by atoms with E-state index >= 15 is 0 Å². The number of aliphatic hydroxyl groups excluding tert-OH is 1. The standard InChI is InChI=1S/C18H19ClN2O3/c19-14-8-4-7-13-15(9-10-24-17(13)14)20-18(23)21-16(11-22)12-5-2-1-3-6-12/h1-8,15-16,22H,9-11H2,(H2,20,21,23)/t15?,16-/m1/s1. The maximum absolute atomic E-state index is 12.3. The Balaban J connectivity index is 1.69. The van der Waals surface area contributed by atoms with Crippen LogP contribution in [0, 0.1) is 0 Å². The summed E-state index contributed by atoms with van der Waals surface area (Å²) < 4.78 is 5.59. The van der Waals surface area contributed by atoms with Crippen LogP contribution in [0.1, 0.15) is 29.6 Å². The lowest BCUT2D eigenvalue weighted by Gasteiger charge is -2.28. The lowest BCUT2D eigenvalue weighted by molar-refractivity contribution is 0.206. The molecule has 3 N–H and O–H groups in total. The van der Waals surface area contributed by atoms with Crippen molar-refractivity contribution in [2.75, 3.05) is 13.2 Å². The van der Waals surface area contributed by atoms with Crippen molar-refractivity contribution in [1.29, 1.82) is 0 Å². The third-order valence-electron chi connectivity index (χ3n) is 4.02. The molecule has 126 valence electrons. The fraction of sp³-hybridized carbons (Fsp3) is 0.278. The number of urea groups is 1. The summed E-state index contributed by atoms with van der Waals surface area (Å²) in [7, 11) is 0. The van der Waals surface area contributed by atoms with E-state index in [2.05, 4.69) is 10.6 Å². The molecule has 3 rings (SSSR count). The molecule has 0 aliphatic carbocycles. The third kappa shape index (κ3) is 3.63. The first-order valence-electron chi connectivity index (χ1n) is 7.83. The SMILES string of the molecule is O=C(NC1CCOc2c(Cl)cccc21)N[C@H](CO)c1ccccc1. The Labute approximate surface area is 145 Å². The van der Waals surface area contributed by atoms with Gasteiger partial charge < -0.3 is 20.5 Å². The van der Waals surface area contributed by atoms with Crippen LogP contribution < -0.4 is 15.4 Å². The first-order valence-corrected chi connectivity index (χ1v) is 8.21. The molecule has 2 amide bonds. The van der Waals surface area contributed by atoms with Crippen LogP contribution in [0.25, 0.3) is 0 Å². The van der Waals surface area contributed by atoms with E-state index in [0.717, 1.165) is 11.1 Å². The molecular weight excluding hydrogens is 328 g/mol. The van der Waals surface area contributed by atoms with Gasteiger partial charge in [0.15, 0.2) is 0 Å². The van der Waals surface area contributed by atoms with E-state index in [9.17, 15) is 9.90 Å². The van der Waals surface area contributed by atoms with Crippen molar-refractivity contribution in [2.45, 2.75) is 18.5 Å². The number of fused-ring (bicyclic) bond motifs is 1. The van der Waals surface area contributed by atoms with Crippen LogP contribution >= 0.6 is 11.6 Å². The number of nitrogens with one attached hydrogen (secondary N) is 2. The molecule has 0 saturated carbocycles. The third-order valence-corrected chi connectivity index (χ3v) is 4.32. The zero-order valence-corrected chi connectivity index (χ0v) is 13.8. The van der Waals surface area contributed by atoms with E-state index in [0.29, 0.717) is 23.8 Å². The summed E-state index contributed by atoms with van der Waals surface area (Å²) in [5.41, 5.74) is 1.72. The van der Waals surface area contributed by atoms with E-state index in [1.54, 1.807) is 6.07 Å². The number of carbonyl (C=O) groups excluding carboxylic acids is 1. The molecule has 1 aliphatic rings. The van der Waals surface area contributed by atoms with Crippen molar-refractivity contribution in [3.8, 4) is 5.75 Å². The minimum absolute atomic E-state index is 0.173. The summed E-state index contributed by atoms with van der Waals surface area (Å²) >= 11 is 6.14. The maximum atomic E-state index is 12.3. The highest BCUT2D eigenvalue weighted by Crippen LogP contribution is 2.37. The van der Waals surface area contributed by atoms with E-state index < -0.39 is 6.04 Å². The molecular formula is C18H19ClN2O3. The summed E-state index contributed by atoms with van der Waals surface area (Å²) in [6, 6.07) is 13.9. The highest BCUT2D eigenvalue weighted by molar-refractivity contribution is 6.32. The van der Waals surface area contributed by atoms with Crippen LogP contribution in [0.4, 0.5) is 4.79 Å². The van der Waals surface area contributed by atoms with Crippen molar-refractivity contribution in [3.05, 3.63) is 64.7 Å². The van der Waals surface area contributed by atoms with E-state index in [1.807, 2.05) is 42.5 Å². The monoisotopic (exact) mass is 346 g/mol. The van der Waals surface area contributed by atoms with Crippen LogP contribution in [0.2, 0.25) is 5.02 Å². The lowest BCUT2D eigenvalue weighted by Crippen LogP contribution is -2.42. The molecule has 0 fully saturated rings. The Morgan fingerprint density at radius 2 is 2.04 bits per heavy atom. The van der Waals surface area contributed by atoms with Crippen LogP contribution in [-0.2, 0) is 0 Å². The number of amides is 2. The Bertz CT molecular complexity index is 709. The molecule has 0 radical (unpaired) electrons. The fourth-order valence-corrected chi connectivity index (χ4v) is 3.05. The Hall–Kier alpha value is -2.24. The lowest BCUT2D eigenvalue weighted by atomic mass is 10.0. The summed E-state index contributed by atoms with van der Waals surface area (Å²) in [5.74, 6) is 0.623. The number of halogens is 1. The molecule has 0 aromatic heterocycles. The normalized spacial score (nSPS) is 17.3. The average molecular weight is 347 g/mol. The number of benzene rings is 2. The van der Waals surface area contributed by atoms with Gasteiger partial charge in [0.2, 0.25) is 0 Å². The van der Waals surface area contributed by atoms with Crippen LogP contribution in [-0.4, -0.2) is 24.4 Å². The smallest absolute Gasteiger partial charge is 0.315 e. The van der Waals surface area contributed by atoms with E-state index in [4.69, 9.17) is 16.3 Å². The fourth-order valence-electron chi connectivity index (χ4n) is 2.81. The molecule has 0 spiro atoms. The first kappa shape index (κ1) is 16.6. The van der Waals surface area contributed by atoms with Crippen molar-refractivity contribution in [2.24, 2.45) is 0 Å². The second-order valence-corrected chi connectivity index (χ2v) is 6.02. The molecule has 1 heterocycles. The molecule has 2 aromatic carbocycles. The summed E-state index contributed by atoms with van der Waals surface area (Å²) in [5, 5.41) is 15.8. The molecule has 5 nitrogen and oxygen atoms in total. The van der Waals surface area contributed by atoms with Gasteiger partial charge >= 0.3 is 6.03 Å². The number of para-hydroxylation sites is 1. The second kappa shape index (κ2) is 7.55. The number of hydrogen-bond acceptors (Lipinski definition) is 3. The molecule has 24 heavy (non-hydrogen) atoms. The average Bonchev–Trinajstić information content (AvgIpc) is 2.61. The van der Waals surface area contributed by atoms with Crippen LogP contribution in [0.3, 0.4) is 0 Å². The van der Waals surface area contributed by atoms with Gasteiger partial charge in [-0.15, -0.1) is 0 Å². The highest BCUT2D eigenvalue weighted by Gasteiger charge is 2.25. The molecule has 1 aliphatic heterocycles. The van der Waals surface area contributed by atoms with E-state index in [1.165, 1.54) is 0 Å². The summed E-state index contributed by atoms with van der Waals surface area (Å²) in [4.78, 5) is 12.3. The summed E-state index contributed by atoms with van der Waals surface area (Å²) in [6.07, 6.45) is 0.663. The molecule has 6 heteroatoms. The zero-order valence-electron chi connectivity index (χ0n) is 13.0. The van der Waals surface area contributed by atoms with Crippen LogP contribution in [0.5, 0.6) is 5.75 Å². The molecule has 1 unspecified atom stereocenters. The van der Waals surface area contributed by atoms with Crippen molar-refractivity contribution in [1.82, 2.24) is 10.6 Å². The number of rotatable bonds is 4. The van der Waals surface area contributed by atoms with Gasteiger partial charge in [-0.2, -0.15) is 0 Å². The molecule has 0 bridgehead atoms. The van der Waals surface area contributed by atoms with Gasteiger partial charge in [0.25, 0.3) is 0 Å². The van der Waals surface area contributed by atoms with Gasteiger partial charge in [-0.3, -0.25) is 0 Å². The number of carbonyl (C=O) groups is 1. The van der Waals surface area contributed by atoms with E-state index in [-0.39, 0.29) is 18.7 Å². The predicted octanol–water partition coefficient (Wildman–Crippen LogP) is 3.20. The molecule has 2 atom stereocenters. The maximum Gasteiger partial charge on any atom is 0.315 e. The Morgan fingerprint density at radius 1 is 1.25 bits per heavy atom. The zero-order chi connectivity index (χ0) is 16.9. The molecule has 2 aromatic rings. The van der Waals surface area contributed by atoms with Gasteiger partial charge in [0.1, 0.15) is 5.75 Å². The van der Waals surface area contributed by atoms with Gasteiger partial charge in [0, 0.05) is 12.0 Å². The first-order chi connectivity index (χ1) is 11.7. The number of aliphatic hydroxyl groups is 1.